The summed E-state index contributed by atoms with van der Waals surface area (Å²) in [6.45, 7) is 3.86. The van der Waals surface area contributed by atoms with Gasteiger partial charge in [-0.3, -0.25) is 0 Å². The number of aliphatic hydroxyl groups is 1. The third-order valence-electron chi connectivity index (χ3n) is 3.55. The van der Waals surface area contributed by atoms with Crippen LogP contribution in [0.15, 0.2) is 42.5 Å². The molecule has 2 aromatic rings. The number of aryl methyl sites for hydroxylation is 1. The second kappa shape index (κ2) is 6.29. The number of anilines is 2. The van der Waals surface area contributed by atoms with Crippen molar-refractivity contribution in [1.82, 2.24) is 0 Å². The Morgan fingerprint density at radius 1 is 1.10 bits per heavy atom. The summed E-state index contributed by atoms with van der Waals surface area (Å²) in [6, 6.07) is 14.2. The fraction of sp³-hybridized carbons (Fsp3) is 0.294. The van der Waals surface area contributed by atoms with Crippen molar-refractivity contribution in [3.05, 3.63) is 58.6 Å². The predicted octanol–water partition coefficient (Wildman–Crippen LogP) is 4.72. The van der Waals surface area contributed by atoms with Gasteiger partial charge in [0, 0.05) is 23.4 Å². The summed E-state index contributed by atoms with van der Waals surface area (Å²) in [4.78, 5) is 2.08. The van der Waals surface area contributed by atoms with Crippen LogP contribution in [0.4, 0.5) is 11.4 Å². The van der Waals surface area contributed by atoms with Gasteiger partial charge in [0.05, 0.1) is 6.10 Å². The third-order valence-corrected chi connectivity index (χ3v) is 3.88. The molecule has 1 atom stereocenters. The van der Waals surface area contributed by atoms with E-state index in [9.17, 15) is 5.11 Å². The first-order chi connectivity index (χ1) is 9.52. The van der Waals surface area contributed by atoms with Crippen LogP contribution in [-0.2, 0) is 6.42 Å². The fourth-order valence-corrected chi connectivity index (χ4v) is 2.50. The minimum atomic E-state index is -0.550. The van der Waals surface area contributed by atoms with E-state index in [0.717, 1.165) is 23.4 Å². The topological polar surface area (TPSA) is 23.5 Å². The Kier molecular flexibility index (Phi) is 4.69. The number of rotatable bonds is 4. The van der Waals surface area contributed by atoms with Gasteiger partial charge in [0.25, 0.3) is 0 Å². The van der Waals surface area contributed by atoms with Crippen molar-refractivity contribution in [2.45, 2.75) is 26.4 Å². The van der Waals surface area contributed by atoms with Crippen LogP contribution in [0.25, 0.3) is 0 Å². The van der Waals surface area contributed by atoms with Crippen molar-refractivity contribution >= 4 is 23.0 Å². The maximum Gasteiger partial charge on any atom is 0.0776 e. The molecular weight excluding hydrogens is 270 g/mol. The zero-order valence-electron chi connectivity index (χ0n) is 12.1. The van der Waals surface area contributed by atoms with Crippen LogP contribution in [0.1, 0.15) is 31.1 Å². The van der Waals surface area contributed by atoms with Crippen molar-refractivity contribution in [3.63, 3.8) is 0 Å². The van der Waals surface area contributed by atoms with Crippen LogP contribution in [0, 0.1) is 0 Å². The van der Waals surface area contributed by atoms with Crippen LogP contribution in [0.5, 0.6) is 0 Å². The molecule has 0 radical (unpaired) electrons. The highest BCUT2D eigenvalue weighted by atomic mass is 35.5. The summed E-state index contributed by atoms with van der Waals surface area (Å²) in [5.74, 6) is 0. The number of benzene rings is 2. The Hall–Kier alpha value is -1.51. The van der Waals surface area contributed by atoms with Gasteiger partial charge in [-0.15, -0.1) is 0 Å². The number of halogens is 1. The van der Waals surface area contributed by atoms with E-state index in [0.29, 0.717) is 5.02 Å². The molecule has 0 saturated heterocycles. The van der Waals surface area contributed by atoms with Crippen molar-refractivity contribution in [2.75, 3.05) is 11.9 Å². The molecule has 0 heterocycles. The van der Waals surface area contributed by atoms with E-state index in [2.05, 4.69) is 36.1 Å². The molecule has 2 aromatic carbocycles. The fourth-order valence-electron chi connectivity index (χ4n) is 2.17. The maximum absolute atomic E-state index is 9.61. The molecule has 3 heteroatoms. The average molecular weight is 290 g/mol. The van der Waals surface area contributed by atoms with Gasteiger partial charge in [-0.25, -0.2) is 0 Å². The molecule has 0 aliphatic carbocycles. The molecular formula is C17H20ClNO. The van der Waals surface area contributed by atoms with E-state index in [-0.39, 0.29) is 0 Å². The van der Waals surface area contributed by atoms with Crippen LogP contribution in [-0.4, -0.2) is 12.2 Å². The molecule has 0 amide bonds. The largest absolute Gasteiger partial charge is 0.389 e. The lowest BCUT2D eigenvalue weighted by atomic mass is 10.1. The van der Waals surface area contributed by atoms with Crippen molar-refractivity contribution in [1.29, 1.82) is 0 Å². The molecule has 106 valence electrons. The monoisotopic (exact) mass is 289 g/mol. The summed E-state index contributed by atoms with van der Waals surface area (Å²) in [6.07, 6.45) is 0.490. The second-order valence-electron chi connectivity index (χ2n) is 4.96. The summed E-state index contributed by atoms with van der Waals surface area (Å²) in [7, 11) is 2.01. The van der Waals surface area contributed by atoms with E-state index in [1.54, 1.807) is 6.92 Å². The van der Waals surface area contributed by atoms with Gasteiger partial charge in [-0.1, -0.05) is 36.7 Å². The van der Waals surface area contributed by atoms with Gasteiger partial charge < -0.3 is 10.0 Å². The van der Waals surface area contributed by atoms with E-state index in [4.69, 9.17) is 11.6 Å². The molecule has 2 nitrogen and oxygen atoms in total. The van der Waals surface area contributed by atoms with Crippen LogP contribution in [0.2, 0.25) is 5.02 Å². The molecule has 0 aromatic heterocycles. The predicted molar refractivity (Wildman–Crippen MR) is 86.0 cm³/mol. The number of hydrogen-bond donors (Lipinski definition) is 1. The van der Waals surface area contributed by atoms with Gasteiger partial charge in [0.1, 0.15) is 0 Å². The van der Waals surface area contributed by atoms with E-state index in [1.807, 2.05) is 25.2 Å². The normalized spacial score (nSPS) is 12.2. The molecule has 0 aliphatic heterocycles. The molecule has 0 aliphatic rings. The highest BCUT2D eigenvalue weighted by molar-refractivity contribution is 6.31. The Labute approximate surface area is 125 Å². The van der Waals surface area contributed by atoms with Crippen LogP contribution < -0.4 is 4.90 Å². The highest BCUT2D eigenvalue weighted by Crippen LogP contribution is 2.30. The summed E-state index contributed by atoms with van der Waals surface area (Å²) in [5.41, 5.74) is 4.20. The molecule has 20 heavy (non-hydrogen) atoms. The van der Waals surface area contributed by atoms with Gasteiger partial charge in [-0.05, 0) is 48.7 Å². The number of hydrogen-bond acceptors (Lipinski definition) is 2. The first-order valence-corrected chi connectivity index (χ1v) is 7.21. The third kappa shape index (κ3) is 3.14. The lowest BCUT2D eigenvalue weighted by Gasteiger charge is -2.21. The van der Waals surface area contributed by atoms with Gasteiger partial charge in [0.15, 0.2) is 0 Å². The summed E-state index contributed by atoms with van der Waals surface area (Å²) in [5, 5.41) is 10.2. The summed E-state index contributed by atoms with van der Waals surface area (Å²) < 4.78 is 0. The Bertz CT molecular complexity index is 578. The Morgan fingerprint density at radius 3 is 2.20 bits per heavy atom. The lowest BCUT2D eigenvalue weighted by molar-refractivity contribution is 0.199. The first-order valence-electron chi connectivity index (χ1n) is 6.83. The van der Waals surface area contributed by atoms with Crippen molar-refractivity contribution in [2.24, 2.45) is 0 Å². The van der Waals surface area contributed by atoms with Crippen molar-refractivity contribution in [3.8, 4) is 0 Å². The molecule has 1 unspecified atom stereocenters. The zero-order chi connectivity index (χ0) is 14.7. The number of nitrogens with zero attached hydrogens (tertiary/aromatic N) is 1. The zero-order valence-corrected chi connectivity index (χ0v) is 12.9. The average Bonchev–Trinajstić information content (AvgIpc) is 2.46. The molecule has 0 spiro atoms. The molecule has 0 fully saturated rings. The highest BCUT2D eigenvalue weighted by Gasteiger charge is 2.10. The van der Waals surface area contributed by atoms with Gasteiger partial charge in [0.2, 0.25) is 0 Å². The Morgan fingerprint density at radius 2 is 1.70 bits per heavy atom. The van der Waals surface area contributed by atoms with Gasteiger partial charge >= 0.3 is 0 Å². The van der Waals surface area contributed by atoms with Crippen molar-refractivity contribution < 1.29 is 5.11 Å². The van der Waals surface area contributed by atoms with Crippen LogP contribution in [0.3, 0.4) is 0 Å². The second-order valence-corrected chi connectivity index (χ2v) is 5.37. The quantitative estimate of drug-likeness (QED) is 0.880. The maximum atomic E-state index is 9.61. The van der Waals surface area contributed by atoms with E-state index >= 15 is 0 Å². The lowest BCUT2D eigenvalue weighted by Crippen LogP contribution is -2.09. The standard InChI is InChI=1S/C17H20ClNO/c1-4-13-5-7-14(8-6-13)19(3)15-9-10-16(12(2)20)17(18)11-15/h5-12,20H,4H2,1-3H3. The van der Waals surface area contributed by atoms with Gasteiger partial charge in [-0.2, -0.15) is 0 Å². The minimum absolute atomic E-state index is 0.550. The molecule has 0 saturated carbocycles. The minimum Gasteiger partial charge on any atom is -0.389 e. The van der Waals surface area contributed by atoms with E-state index < -0.39 is 6.10 Å². The molecule has 2 rings (SSSR count). The summed E-state index contributed by atoms with van der Waals surface area (Å²) >= 11 is 6.22. The number of aliphatic hydroxyl groups excluding tert-OH is 1. The first kappa shape index (κ1) is 14.9. The van der Waals surface area contributed by atoms with E-state index in [1.165, 1.54) is 5.56 Å². The molecule has 0 bridgehead atoms. The molecule has 1 N–H and O–H groups in total. The SMILES string of the molecule is CCc1ccc(N(C)c2ccc(C(C)O)c(Cl)c2)cc1. The van der Waals surface area contributed by atoms with Crippen LogP contribution >= 0.6 is 11.6 Å². The Balaban J connectivity index is 2.28. The smallest absolute Gasteiger partial charge is 0.0776 e.